The van der Waals surface area contributed by atoms with Crippen molar-refractivity contribution in [1.29, 1.82) is 0 Å². The Labute approximate surface area is 105 Å². The number of hydrogen-bond acceptors (Lipinski definition) is 2. The van der Waals surface area contributed by atoms with Gasteiger partial charge in [0.05, 0.1) is 0 Å². The Balaban J connectivity index is 2.09. The van der Waals surface area contributed by atoms with E-state index in [0.29, 0.717) is 5.41 Å². The molecule has 1 rings (SSSR count). The van der Waals surface area contributed by atoms with Crippen LogP contribution in [0.4, 0.5) is 5.69 Å². The number of hydrogen-bond donors (Lipinski definition) is 1. The van der Waals surface area contributed by atoms with Crippen molar-refractivity contribution in [3.05, 3.63) is 29.8 Å². The summed E-state index contributed by atoms with van der Waals surface area (Å²) < 4.78 is 5.63. The van der Waals surface area contributed by atoms with Crippen molar-refractivity contribution >= 4 is 5.69 Å². The number of anilines is 1. The third-order valence-electron chi connectivity index (χ3n) is 2.70. The first kappa shape index (κ1) is 14.0. The summed E-state index contributed by atoms with van der Waals surface area (Å²) in [7, 11) is 0. The van der Waals surface area contributed by atoms with Crippen LogP contribution in [0.1, 0.15) is 39.2 Å². The van der Waals surface area contributed by atoms with Gasteiger partial charge in [-0.2, -0.15) is 0 Å². The van der Waals surface area contributed by atoms with Gasteiger partial charge >= 0.3 is 0 Å². The first-order valence-electron chi connectivity index (χ1n) is 6.39. The summed E-state index contributed by atoms with van der Waals surface area (Å²) in [4.78, 5) is 0. The van der Waals surface area contributed by atoms with Crippen LogP contribution in [0.25, 0.3) is 0 Å². The fourth-order valence-corrected chi connectivity index (χ4v) is 1.61. The highest BCUT2D eigenvalue weighted by Gasteiger charge is 2.08. The van der Waals surface area contributed by atoms with Crippen molar-refractivity contribution in [3.63, 3.8) is 0 Å². The van der Waals surface area contributed by atoms with Gasteiger partial charge in [0.1, 0.15) is 0 Å². The van der Waals surface area contributed by atoms with E-state index in [-0.39, 0.29) is 0 Å². The molecule has 0 saturated heterocycles. The van der Waals surface area contributed by atoms with Crippen LogP contribution < -0.4 is 5.73 Å². The minimum Gasteiger partial charge on any atom is -0.399 e. The maximum Gasteiger partial charge on any atom is 0.0471 e. The highest BCUT2D eigenvalue weighted by molar-refractivity contribution is 5.40. The van der Waals surface area contributed by atoms with Gasteiger partial charge in [-0.15, -0.1) is 0 Å². The minimum absolute atomic E-state index is 0.369. The lowest BCUT2D eigenvalue weighted by molar-refractivity contribution is 0.106. The Morgan fingerprint density at radius 1 is 1.18 bits per heavy atom. The summed E-state index contributed by atoms with van der Waals surface area (Å²) >= 11 is 0. The molecule has 0 amide bonds. The number of aryl methyl sites for hydroxylation is 1. The number of nitrogens with two attached hydrogens (primary N) is 1. The SMILES string of the molecule is CC(C)(C)CCOCCCc1cccc(N)c1. The molecule has 2 nitrogen and oxygen atoms in total. The second-order valence-electron chi connectivity index (χ2n) is 5.77. The van der Waals surface area contributed by atoms with Gasteiger partial charge in [0.15, 0.2) is 0 Å². The maximum atomic E-state index is 5.73. The quantitative estimate of drug-likeness (QED) is 0.603. The van der Waals surface area contributed by atoms with E-state index >= 15 is 0 Å². The van der Waals surface area contributed by atoms with Gasteiger partial charge in [0, 0.05) is 18.9 Å². The number of benzene rings is 1. The second-order valence-corrected chi connectivity index (χ2v) is 5.77. The van der Waals surface area contributed by atoms with Crippen LogP contribution >= 0.6 is 0 Å². The van der Waals surface area contributed by atoms with Gasteiger partial charge in [-0.25, -0.2) is 0 Å². The fourth-order valence-electron chi connectivity index (χ4n) is 1.61. The zero-order valence-corrected chi connectivity index (χ0v) is 11.3. The third-order valence-corrected chi connectivity index (χ3v) is 2.70. The van der Waals surface area contributed by atoms with Crippen molar-refractivity contribution in [1.82, 2.24) is 0 Å². The molecule has 0 fully saturated rings. The lowest BCUT2D eigenvalue weighted by Crippen LogP contribution is -2.10. The first-order chi connectivity index (χ1) is 7.97. The number of rotatable bonds is 6. The smallest absolute Gasteiger partial charge is 0.0471 e. The Hall–Kier alpha value is -1.02. The molecule has 0 aromatic heterocycles. The van der Waals surface area contributed by atoms with Gasteiger partial charge in [0.2, 0.25) is 0 Å². The molecule has 0 atom stereocenters. The predicted molar refractivity (Wildman–Crippen MR) is 74.1 cm³/mol. The molecule has 0 aliphatic heterocycles. The van der Waals surface area contributed by atoms with Crippen molar-refractivity contribution < 1.29 is 4.74 Å². The normalized spacial score (nSPS) is 11.7. The molecular weight excluding hydrogens is 210 g/mol. The van der Waals surface area contributed by atoms with Crippen LogP contribution in [-0.4, -0.2) is 13.2 Å². The monoisotopic (exact) mass is 235 g/mol. The highest BCUT2D eigenvalue weighted by Crippen LogP contribution is 2.18. The van der Waals surface area contributed by atoms with Gasteiger partial charge < -0.3 is 10.5 Å². The third kappa shape index (κ3) is 7.01. The average Bonchev–Trinajstić information content (AvgIpc) is 2.22. The van der Waals surface area contributed by atoms with E-state index in [9.17, 15) is 0 Å². The van der Waals surface area contributed by atoms with Crippen LogP contribution in [-0.2, 0) is 11.2 Å². The van der Waals surface area contributed by atoms with Crippen LogP contribution in [0.3, 0.4) is 0 Å². The standard InChI is InChI=1S/C15H25NO/c1-15(2,3)9-11-17-10-5-7-13-6-4-8-14(16)12-13/h4,6,8,12H,5,7,9-11,16H2,1-3H3. The molecule has 0 saturated carbocycles. The lowest BCUT2D eigenvalue weighted by Gasteiger charge is -2.17. The summed E-state index contributed by atoms with van der Waals surface area (Å²) in [5.41, 5.74) is 8.24. The molecule has 0 radical (unpaired) electrons. The maximum absolute atomic E-state index is 5.73. The zero-order chi connectivity index (χ0) is 12.7. The molecular formula is C15H25NO. The predicted octanol–water partition coefficient (Wildman–Crippen LogP) is 3.65. The van der Waals surface area contributed by atoms with E-state index in [1.807, 2.05) is 18.2 Å². The molecule has 1 aromatic rings. The molecule has 2 heteroatoms. The molecule has 0 spiro atoms. The van der Waals surface area contributed by atoms with Gasteiger partial charge in [0.25, 0.3) is 0 Å². The van der Waals surface area contributed by atoms with E-state index in [1.54, 1.807) is 0 Å². The Morgan fingerprint density at radius 3 is 2.59 bits per heavy atom. The van der Waals surface area contributed by atoms with E-state index < -0.39 is 0 Å². The van der Waals surface area contributed by atoms with Crippen LogP contribution in [0, 0.1) is 5.41 Å². The molecule has 96 valence electrons. The summed E-state index contributed by atoms with van der Waals surface area (Å²) in [6.45, 7) is 8.42. The highest BCUT2D eigenvalue weighted by atomic mass is 16.5. The van der Waals surface area contributed by atoms with Crippen LogP contribution in [0.2, 0.25) is 0 Å². The molecule has 0 aliphatic carbocycles. The van der Waals surface area contributed by atoms with Crippen LogP contribution in [0.5, 0.6) is 0 Å². The number of ether oxygens (including phenoxy) is 1. The molecule has 0 unspecified atom stereocenters. The molecule has 0 heterocycles. The van der Waals surface area contributed by atoms with Gasteiger partial charge in [-0.3, -0.25) is 0 Å². The summed E-state index contributed by atoms with van der Waals surface area (Å²) in [5, 5.41) is 0. The van der Waals surface area contributed by atoms with E-state index in [2.05, 4.69) is 26.8 Å². The average molecular weight is 235 g/mol. The zero-order valence-electron chi connectivity index (χ0n) is 11.3. The summed E-state index contributed by atoms with van der Waals surface area (Å²) in [6.07, 6.45) is 3.22. The van der Waals surface area contributed by atoms with Crippen molar-refractivity contribution in [2.45, 2.75) is 40.0 Å². The van der Waals surface area contributed by atoms with E-state index in [4.69, 9.17) is 10.5 Å². The molecule has 0 aliphatic rings. The van der Waals surface area contributed by atoms with E-state index in [1.165, 1.54) is 5.56 Å². The first-order valence-corrected chi connectivity index (χ1v) is 6.39. The van der Waals surface area contributed by atoms with Crippen molar-refractivity contribution in [3.8, 4) is 0 Å². The van der Waals surface area contributed by atoms with Crippen molar-refractivity contribution in [2.24, 2.45) is 5.41 Å². The van der Waals surface area contributed by atoms with Crippen LogP contribution in [0.15, 0.2) is 24.3 Å². The van der Waals surface area contributed by atoms with Gasteiger partial charge in [-0.1, -0.05) is 32.9 Å². The van der Waals surface area contributed by atoms with E-state index in [0.717, 1.165) is 38.2 Å². The summed E-state index contributed by atoms with van der Waals surface area (Å²) in [6, 6.07) is 8.08. The molecule has 17 heavy (non-hydrogen) atoms. The largest absolute Gasteiger partial charge is 0.399 e. The second kappa shape index (κ2) is 6.65. The molecule has 1 aromatic carbocycles. The van der Waals surface area contributed by atoms with Gasteiger partial charge in [-0.05, 0) is 42.4 Å². The minimum atomic E-state index is 0.369. The Bertz CT molecular complexity index is 328. The fraction of sp³-hybridized carbons (Fsp3) is 0.600. The van der Waals surface area contributed by atoms with Crippen molar-refractivity contribution in [2.75, 3.05) is 18.9 Å². The Kier molecular flexibility index (Phi) is 5.49. The number of nitrogen functional groups attached to an aromatic ring is 1. The molecule has 2 N–H and O–H groups in total. The lowest BCUT2D eigenvalue weighted by atomic mass is 9.93. The summed E-state index contributed by atoms with van der Waals surface area (Å²) in [5.74, 6) is 0. The topological polar surface area (TPSA) is 35.2 Å². The molecule has 0 bridgehead atoms. The Morgan fingerprint density at radius 2 is 1.94 bits per heavy atom.